The highest BCUT2D eigenvalue weighted by molar-refractivity contribution is 8.00. The Morgan fingerprint density at radius 3 is 2.59 bits per heavy atom. The lowest BCUT2D eigenvalue weighted by Gasteiger charge is -2.14. The molecule has 2 N–H and O–H groups in total. The topological polar surface area (TPSA) is 41.1 Å². The van der Waals surface area contributed by atoms with Gasteiger partial charge in [0.2, 0.25) is 5.91 Å². The summed E-state index contributed by atoms with van der Waals surface area (Å²) in [6.45, 7) is 3.53. The average Bonchev–Trinajstić information content (AvgIpc) is 2.37. The minimum atomic E-state index is -0.00532. The van der Waals surface area contributed by atoms with Gasteiger partial charge in [0.1, 0.15) is 0 Å². The summed E-state index contributed by atoms with van der Waals surface area (Å²) in [6, 6.07) is 10.0. The third-order valence-corrected chi connectivity index (χ3v) is 3.74. The third-order valence-electron chi connectivity index (χ3n) is 2.36. The molecule has 0 aliphatic rings. The number of carbonyl (C=O) groups is 1. The molecule has 3 nitrogen and oxygen atoms in total. The Kier molecular flexibility index (Phi) is 6.74. The van der Waals surface area contributed by atoms with Gasteiger partial charge in [0.05, 0.1) is 5.25 Å². The molecule has 0 spiro atoms. The second kappa shape index (κ2) is 8.14. The minimum absolute atomic E-state index is 0.00532. The molecule has 0 heterocycles. The summed E-state index contributed by atoms with van der Waals surface area (Å²) in [5.74, 6) is 0.122. The number of carbonyl (C=O) groups excluding carboxylic acids is 1. The lowest BCUT2D eigenvalue weighted by atomic mass is 10.3. The summed E-state index contributed by atoms with van der Waals surface area (Å²) in [7, 11) is 1.88. The fraction of sp³-hybridized carbons (Fsp3) is 0.462. The van der Waals surface area contributed by atoms with Crippen molar-refractivity contribution in [2.24, 2.45) is 0 Å². The largest absolute Gasteiger partial charge is 0.354 e. The van der Waals surface area contributed by atoms with Crippen LogP contribution < -0.4 is 10.6 Å². The standard InChI is InChI=1S/C13H20N2OS/c1-3-12(13(16)15-10-9-14-2)17-11-7-5-4-6-8-11/h4-8,12,14H,3,9-10H2,1-2H3,(H,15,16). The van der Waals surface area contributed by atoms with Gasteiger partial charge in [0, 0.05) is 18.0 Å². The first-order valence-electron chi connectivity index (χ1n) is 5.92. The number of likely N-dealkylation sites (N-methyl/N-ethyl adjacent to an activating group) is 1. The molecule has 0 saturated carbocycles. The van der Waals surface area contributed by atoms with Crippen LogP contribution in [0.3, 0.4) is 0 Å². The zero-order valence-electron chi connectivity index (χ0n) is 10.4. The number of benzene rings is 1. The van der Waals surface area contributed by atoms with Gasteiger partial charge in [0.15, 0.2) is 0 Å². The molecule has 4 heteroatoms. The van der Waals surface area contributed by atoms with Crippen molar-refractivity contribution in [1.82, 2.24) is 10.6 Å². The Labute approximate surface area is 107 Å². The van der Waals surface area contributed by atoms with Crippen LogP contribution in [0.15, 0.2) is 35.2 Å². The van der Waals surface area contributed by atoms with Crippen LogP contribution in [0.2, 0.25) is 0 Å². The molecule has 1 rings (SSSR count). The zero-order valence-corrected chi connectivity index (χ0v) is 11.2. The first-order chi connectivity index (χ1) is 8.27. The summed E-state index contributed by atoms with van der Waals surface area (Å²) in [6.07, 6.45) is 0.838. The predicted octanol–water partition coefficient (Wildman–Crippen LogP) is 1.89. The van der Waals surface area contributed by atoms with Crippen molar-refractivity contribution < 1.29 is 4.79 Å². The van der Waals surface area contributed by atoms with Crippen LogP contribution in [0, 0.1) is 0 Å². The molecule has 0 saturated heterocycles. The van der Waals surface area contributed by atoms with Gasteiger partial charge >= 0.3 is 0 Å². The van der Waals surface area contributed by atoms with Gasteiger partial charge in [-0.25, -0.2) is 0 Å². The van der Waals surface area contributed by atoms with E-state index in [1.807, 2.05) is 44.3 Å². The van der Waals surface area contributed by atoms with Crippen LogP contribution >= 0.6 is 11.8 Å². The molecule has 1 unspecified atom stereocenters. The molecule has 1 aromatic rings. The van der Waals surface area contributed by atoms with Gasteiger partial charge in [-0.3, -0.25) is 4.79 Å². The molecule has 0 bridgehead atoms. The molecule has 0 aliphatic heterocycles. The molecule has 1 aromatic carbocycles. The van der Waals surface area contributed by atoms with E-state index in [-0.39, 0.29) is 11.2 Å². The number of nitrogens with one attached hydrogen (secondary N) is 2. The fourth-order valence-corrected chi connectivity index (χ4v) is 2.41. The second-order valence-corrected chi connectivity index (χ2v) is 5.00. The van der Waals surface area contributed by atoms with E-state index in [1.165, 1.54) is 0 Å². The predicted molar refractivity (Wildman–Crippen MR) is 73.3 cm³/mol. The molecular formula is C13H20N2OS. The third kappa shape index (κ3) is 5.24. The molecule has 94 valence electrons. The Balaban J connectivity index is 2.45. The minimum Gasteiger partial charge on any atom is -0.354 e. The zero-order chi connectivity index (χ0) is 12.5. The molecule has 1 atom stereocenters. The van der Waals surface area contributed by atoms with Crippen LogP contribution in [0.5, 0.6) is 0 Å². The van der Waals surface area contributed by atoms with Crippen molar-refractivity contribution in [3.8, 4) is 0 Å². The summed E-state index contributed by atoms with van der Waals surface area (Å²) in [5.41, 5.74) is 0. The van der Waals surface area contributed by atoms with Crippen LogP contribution in [0.25, 0.3) is 0 Å². The van der Waals surface area contributed by atoms with E-state index in [4.69, 9.17) is 0 Å². The van der Waals surface area contributed by atoms with Crippen LogP contribution in [-0.4, -0.2) is 31.3 Å². The SMILES string of the molecule is CCC(Sc1ccccc1)C(=O)NCCNC. The number of hydrogen-bond acceptors (Lipinski definition) is 3. The number of rotatable bonds is 7. The van der Waals surface area contributed by atoms with E-state index in [9.17, 15) is 4.79 Å². The van der Waals surface area contributed by atoms with Crippen molar-refractivity contribution in [1.29, 1.82) is 0 Å². The Hall–Kier alpha value is -1.00. The fourth-order valence-electron chi connectivity index (χ4n) is 1.41. The number of amides is 1. The summed E-state index contributed by atoms with van der Waals surface area (Å²) >= 11 is 1.62. The molecule has 0 radical (unpaired) electrons. The van der Waals surface area contributed by atoms with Crippen molar-refractivity contribution in [3.63, 3.8) is 0 Å². The average molecular weight is 252 g/mol. The van der Waals surface area contributed by atoms with E-state index in [1.54, 1.807) is 11.8 Å². The molecule has 1 amide bonds. The highest BCUT2D eigenvalue weighted by Crippen LogP contribution is 2.24. The van der Waals surface area contributed by atoms with E-state index >= 15 is 0 Å². The monoisotopic (exact) mass is 252 g/mol. The maximum absolute atomic E-state index is 11.9. The van der Waals surface area contributed by atoms with Crippen molar-refractivity contribution >= 4 is 17.7 Å². The maximum Gasteiger partial charge on any atom is 0.233 e. The van der Waals surface area contributed by atoms with Gasteiger partial charge in [-0.2, -0.15) is 0 Å². The molecule has 0 fully saturated rings. The number of thioether (sulfide) groups is 1. The Morgan fingerprint density at radius 2 is 2.00 bits per heavy atom. The quantitative estimate of drug-likeness (QED) is 0.575. The first-order valence-corrected chi connectivity index (χ1v) is 6.80. The van der Waals surface area contributed by atoms with Gasteiger partial charge in [-0.1, -0.05) is 25.1 Å². The summed E-state index contributed by atoms with van der Waals surface area (Å²) in [5, 5.41) is 5.94. The van der Waals surface area contributed by atoms with Crippen LogP contribution in [0.4, 0.5) is 0 Å². The van der Waals surface area contributed by atoms with Gasteiger partial charge in [-0.05, 0) is 25.6 Å². The Morgan fingerprint density at radius 1 is 1.29 bits per heavy atom. The van der Waals surface area contributed by atoms with Gasteiger partial charge in [0.25, 0.3) is 0 Å². The molecule has 17 heavy (non-hydrogen) atoms. The van der Waals surface area contributed by atoms with Crippen LogP contribution in [0.1, 0.15) is 13.3 Å². The van der Waals surface area contributed by atoms with E-state index in [0.717, 1.165) is 17.9 Å². The molecular weight excluding hydrogens is 232 g/mol. The first kappa shape index (κ1) is 14.1. The lowest BCUT2D eigenvalue weighted by molar-refractivity contribution is -0.120. The normalized spacial score (nSPS) is 12.1. The van der Waals surface area contributed by atoms with Crippen molar-refractivity contribution in [2.75, 3.05) is 20.1 Å². The maximum atomic E-state index is 11.9. The Bertz CT molecular complexity index is 329. The van der Waals surface area contributed by atoms with E-state index in [2.05, 4.69) is 10.6 Å². The highest BCUT2D eigenvalue weighted by atomic mass is 32.2. The van der Waals surface area contributed by atoms with Crippen molar-refractivity contribution in [2.45, 2.75) is 23.5 Å². The van der Waals surface area contributed by atoms with E-state index < -0.39 is 0 Å². The number of hydrogen-bond donors (Lipinski definition) is 2. The summed E-state index contributed by atoms with van der Waals surface area (Å²) in [4.78, 5) is 13.0. The summed E-state index contributed by atoms with van der Waals surface area (Å²) < 4.78 is 0. The van der Waals surface area contributed by atoms with E-state index in [0.29, 0.717) is 6.54 Å². The lowest BCUT2D eigenvalue weighted by Crippen LogP contribution is -2.36. The highest BCUT2D eigenvalue weighted by Gasteiger charge is 2.16. The van der Waals surface area contributed by atoms with Gasteiger partial charge in [-0.15, -0.1) is 11.8 Å². The van der Waals surface area contributed by atoms with Crippen LogP contribution in [-0.2, 0) is 4.79 Å². The molecule has 0 aromatic heterocycles. The molecule has 0 aliphatic carbocycles. The second-order valence-electron chi connectivity index (χ2n) is 3.72. The van der Waals surface area contributed by atoms with Gasteiger partial charge < -0.3 is 10.6 Å². The van der Waals surface area contributed by atoms with Crippen molar-refractivity contribution in [3.05, 3.63) is 30.3 Å². The smallest absolute Gasteiger partial charge is 0.233 e.